The van der Waals surface area contributed by atoms with Crippen LogP contribution in [0.4, 0.5) is 11.4 Å². The summed E-state index contributed by atoms with van der Waals surface area (Å²) in [5, 5.41) is 21.3. The summed E-state index contributed by atoms with van der Waals surface area (Å²) in [4.78, 5) is 23.7. The first-order valence-electron chi connectivity index (χ1n) is 7.08. The lowest BCUT2D eigenvalue weighted by Crippen LogP contribution is -2.26. The van der Waals surface area contributed by atoms with E-state index in [1.807, 2.05) is 4.90 Å². The van der Waals surface area contributed by atoms with Crippen LogP contribution in [0.5, 0.6) is 0 Å². The highest BCUT2D eigenvalue weighted by atomic mass is 16.6. The Hall–Kier alpha value is -2.71. The van der Waals surface area contributed by atoms with E-state index in [1.165, 1.54) is 6.07 Å². The minimum Gasteiger partial charge on any atom is -0.383 e. The second kappa shape index (κ2) is 5.96. The SMILES string of the molecule is O=C1CCCN1CCCNc1ccc([N+](=O)[O-])c2nonc12. The summed E-state index contributed by atoms with van der Waals surface area (Å²) in [6, 6.07) is 2.96. The molecule has 0 bridgehead atoms. The summed E-state index contributed by atoms with van der Waals surface area (Å²) in [5.41, 5.74) is 0.968. The van der Waals surface area contributed by atoms with Gasteiger partial charge < -0.3 is 10.2 Å². The minimum absolute atomic E-state index is 0.129. The summed E-state index contributed by atoms with van der Waals surface area (Å²) in [6.45, 7) is 2.16. The van der Waals surface area contributed by atoms with Crippen molar-refractivity contribution in [3.63, 3.8) is 0 Å². The summed E-state index contributed by atoms with van der Waals surface area (Å²) in [6.07, 6.45) is 2.36. The third kappa shape index (κ3) is 2.69. The van der Waals surface area contributed by atoms with Gasteiger partial charge in [0.2, 0.25) is 11.4 Å². The lowest BCUT2D eigenvalue weighted by atomic mass is 10.2. The number of nitro groups is 1. The predicted octanol–water partition coefficient (Wildman–Crippen LogP) is 1.56. The van der Waals surface area contributed by atoms with E-state index >= 15 is 0 Å². The number of aromatic nitrogens is 2. The number of fused-ring (bicyclic) bond motifs is 1. The first-order chi connectivity index (χ1) is 10.7. The van der Waals surface area contributed by atoms with Crippen molar-refractivity contribution in [2.75, 3.05) is 25.0 Å². The predicted molar refractivity (Wildman–Crippen MR) is 77.4 cm³/mol. The highest BCUT2D eigenvalue weighted by molar-refractivity contribution is 5.93. The number of non-ortho nitro benzene ring substituents is 1. The van der Waals surface area contributed by atoms with E-state index in [9.17, 15) is 14.9 Å². The van der Waals surface area contributed by atoms with Crippen molar-refractivity contribution in [3.8, 4) is 0 Å². The van der Waals surface area contributed by atoms with Gasteiger partial charge in [-0.1, -0.05) is 0 Å². The first kappa shape index (κ1) is 14.2. The van der Waals surface area contributed by atoms with E-state index < -0.39 is 4.92 Å². The van der Waals surface area contributed by atoms with E-state index in [2.05, 4.69) is 20.3 Å². The maximum absolute atomic E-state index is 11.5. The minimum atomic E-state index is -0.519. The number of amides is 1. The fraction of sp³-hybridized carbons (Fsp3) is 0.462. The molecule has 1 fully saturated rings. The van der Waals surface area contributed by atoms with Crippen LogP contribution in [0.3, 0.4) is 0 Å². The number of benzene rings is 1. The zero-order valence-electron chi connectivity index (χ0n) is 11.8. The van der Waals surface area contributed by atoms with Crippen molar-refractivity contribution < 1.29 is 14.3 Å². The largest absolute Gasteiger partial charge is 0.383 e. The number of likely N-dealkylation sites (tertiary alicyclic amines) is 1. The highest BCUT2D eigenvalue weighted by Crippen LogP contribution is 2.28. The van der Waals surface area contributed by atoms with Crippen LogP contribution >= 0.6 is 0 Å². The van der Waals surface area contributed by atoms with Crippen LogP contribution in [-0.2, 0) is 4.79 Å². The number of rotatable bonds is 6. The fourth-order valence-electron chi connectivity index (χ4n) is 2.58. The van der Waals surface area contributed by atoms with E-state index in [1.54, 1.807) is 6.07 Å². The van der Waals surface area contributed by atoms with E-state index in [0.717, 1.165) is 19.4 Å². The molecule has 2 aromatic rings. The van der Waals surface area contributed by atoms with Gasteiger partial charge in [0.1, 0.15) is 0 Å². The van der Waals surface area contributed by atoms with Gasteiger partial charge in [0, 0.05) is 32.1 Å². The summed E-state index contributed by atoms with van der Waals surface area (Å²) in [5.74, 6) is 0.207. The second-order valence-electron chi connectivity index (χ2n) is 5.12. The van der Waals surface area contributed by atoms with E-state index in [0.29, 0.717) is 30.7 Å². The molecule has 0 atom stereocenters. The average Bonchev–Trinajstić information content (AvgIpc) is 3.12. The molecular weight excluding hydrogens is 290 g/mol. The molecule has 0 radical (unpaired) electrons. The van der Waals surface area contributed by atoms with Gasteiger partial charge in [-0.3, -0.25) is 14.9 Å². The van der Waals surface area contributed by atoms with Crippen molar-refractivity contribution in [2.24, 2.45) is 0 Å². The molecule has 2 heterocycles. The summed E-state index contributed by atoms with van der Waals surface area (Å²) in [7, 11) is 0. The molecule has 1 saturated heterocycles. The van der Waals surface area contributed by atoms with Gasteiger partial charge in [-0.05, 0) is 29.2 Å². The average molecular weight is 305 g/mol. The van der Waals surface area contributed by atoms with Gasteiger partial charge in [0.25, 0.3) is 0 Å². The number of anilines is 1. The quantitative estimate of drug-likeness (QED) is 0.489. The van der Waals surface area contributed by atoms with E-state index in [-0.39, 0.29) is 17.1 Å². The van der Waals surface area contributed by atoms with Gasteiger partial charge in [-0.2, -0.15) is 0 Å². The van der Waals surface area contributed by atoms with Crippen molar-refractivity contribution in [1.82, 2.24) is 15.2 Å². The molecule has 0 unspecified atom stereocenters. The standard InChI is InChI=1S/C13H15N5O4/c19-11-3-1-7-17(11)8-2-6-14-9-4-5-10(18(20)21)13-12(9)15-22-16-13/h4-5,14H,1-3,6-8H2. The smallest absolute Gasteiger partial charge is 0.300 e. The number of nitrogens with one attached hydrogen (secondary N) is 1. The van der Waals surface area contributed by atoms with Crippen LogP contribution < -0.4 is 5.32 Å². The topological polar surface area (TPSA) is 114 Å². The fourth-order valence-corrected chi connectivity index (χ4v) is 2.58. The molecular formula is C13H15N5O4. The van der Waals surface area contributed by atoms with Crippen LogP contribution in [0.1, 0.15) is 19.3 Å². The van der Waals surface area contributed by atoms with Crippen LogP contribution in [0.25, 0.3) is 11.0 Å². The molecule has 1 aliphatic rings. The van der Waals surface area contributed by atoms with Gasteiger partial charge in [-0.15, -0.1) is 0 Å². The number of hydrogen-bond acceptors (Lipinski definition) is 7. The maximum Gasteiger partial charge on any atom is 0.300 e. The monoisotopic (exact) mass is 305 g/mol. The molecule has 1 aromatic carbocycles. The molecule has 0 aliphatic carbocycles. The number of hydrogen-bond donors (Lipinski definition) is 1. The number of carbonyl (C=O) groups excluding carboxylic acids is 1. The highest BCUT2D eigenvalue weighted by Gasteiger charge is 2.20. The Bertz CT molecular complexity index is 714. The molecule has 1 amide bonds. The zero-order chi connectivity index (χ0) is 15.5. The van der Waals surface area contributed by atoms with Crippen molar-refractivity contribution >= 4 is 28.3 Å². The molecule has 9 nitrogen and oxygen atoms in total. The van der Waals surface area contributed by atoms with Gasteiger partial charge in [0.15, 0.2) is 5.52 Å². The van der Waals surface area contributed by atoms with Crippen molar-refractivity contribution in [3.05, 3.63) is 22.2 Å². The maximum atomic E-state index is 11.5. The van der Waals surface area contributed by atoms with Crippen LogP contribution in [-0.4, -0.2) is 45.7 Å². The normalized spacial score (nSPS) is 14.7. The third-order valence-electron chi connectivity index (χ3n) is 3.68. The van der Waals surface area contributed by atoms with Gasteiger partial charge in [-0.25, -0.2) is 4.63 Å². The lowest BCUT2D eigenvalue weighted by molar-refractivity contribution is -0.383. The molecule has 0 spiro atoms. The molecule has 1 aliphatic heterocycles. The zero-order valence-corrected chi connectivity index (χ0v) is 11.8. The molecule has 3 rings (SSSR count). The Morgan fingerprint density at radius 2 is 2.18 bits per heavy atom. The molecule has 22 heavy (non-hydrogen) atoms. The number of carbonyl (C=O) groups is 1. The first-order valence-corrected chi connectivity index (χ1v) is 7.08. The molecule has 9 heteroatoms. The Labute approximate surface area is 125 Å². The molecule has 1 aromatic heterocycles. The Kier molecular flexibility index (Phi) is 3.86. The molecule has 1 N–H and O–H groups in total. The van der Waals surface area contributed by atoms with Crippen LogP contribution in [0.2, 0.25) is 0 Å². The van der Waals surface area contributed by atoms with Crippen LogP contribution in [0, 0.1) is 10.1 Å². The molecule has 0 saturated carbocycles. The summed E-state index contributed by atoms with van der Waals surface area (Å²) < 4.78 is 4.60. The Morgan fingerprint density at radius 1 is 1.36 bits per heavy atom. The lowest BCUT2D eigenvalue weighted by Gasteiger charge is -2.15. The van der Waals surface area contributed by atoms with Crippen molar-refractivity contribution in [1.29, 1.82) is 0 Å². The van der Waals surface area contributed by atoms with E-state index in [4.69, 9.17) is 0 Å². The Balaban J connectivity index is 1.62. The summed E-state index contributed by atoms with van der Waals surface area (Å²) >= 11 is 0. The van der Waals surface area contributed by atoms with Crippen molar-refractivity contribution in [2.45, 2.75) is 19.3 Å². The second-order valence-corrected chi connectivity index (χ2v) is 5.12. The number of nitrogens with zero attached hydrogens (tertiary/aromatic N) is 4. The Morgan fingerprint density at radius 3 is 2.91 bits per heavy atom. The van der Waals surface area contributed by atoms with Crippen LogP contribution in [0.15, 0.2) is 16.8 Å². The number of nitro benzene ring substituents is 1. The van der Waals surface area contributed by atoms with Gasteiger partial charge >= 0.3 is 5.69 Å². The molecule has 116 valence electrons. The van der Waals surface area contributed by atoms with Gasteiger partial charge in [0.05, 0.1) is 10.6 Å². The third-order valence-corrected chi connectivity index (χ3v) is 3.68.